The number of para-hydroxylation sites is 2. The lowest BCUT2D eigenvalue weighted by molar-refractivity contribution is 0.627. The van der Waals surface area contributed by atoms with Crippen molar-refractivity contribution in [2.24, 2.45) is 0 Å². The van der Waals surface area contributed by atoms with Gasteiger partial charge in [0.2, 0.25) is 0 Å². The van der Waals surface area contributed by atoms with E-state index in [0.717, 1.165) is 16.7 Å². The molecule has 1 N–H and O–H groups in total. The summed E-state index contributed by atoms with van der Waals surface area (Å²) in [5.41, 5.74) is 3.22. The Morgan fingerprint density at radius 2 is 1.95 bits per heavy atom. The first-order chi connectivity index (χ1) is 10.3. The Bertz CT molecular complexity index is 876. The van der Waals surface area contributed by atoms with Crippen LogP contribution in [0.3, 0.4) is 0 Å². The Hall–Kier alpha value is -2.95. The van der Waals surface area contributed by atoms with E-state index in [9.17, 15) is 4.39 Å². The summed E-state index contributed by atoms with van der Waals surface area (Å²) in [6.07, 6.45) is 3.51. The molecule has 0 fully saturated rings. The third-order valence-electron chi connectivity index (χ3n) is 3.35. The van der Waals surface area contributed by atoms with Crippen molar-refractivity contribution in [2.45, 2.75) is 0 Å². The predicted octanol–water partition coefficient (Wildman–Crippen LogP) is 3.55. The molecule has 0 radical (unpaired) electrons. The summed E-state index contributed by atoms with van der Waals surface area (Å²) < 4.78 is 15.4. The van der Waals surface area contributed by atoms with Gasteiger partial charge in [-0.05, 0) is 36.4 Å². The topological polar surface area (TPSA) is 46.5 Å². The highest BCUT2D eigenvalue weighted by atomic mass is 19.1. The second kappa shape index (κ2) is 4.56. The second-order valence-electron chi connectivity index (χ2n) is 4.71. The lowest BCUT2D eigenvalue weighted by Crippen LogP contribution is -1.98. The van der Waals surface area contributed by atoms with Crippen LogP contribution in [0.1, 0.15) is 0 Å². The molecule has 0 amide bonds. The van der Waals surface area contributed by atoms with Gasteiger partial charge in [0.15, 0.2) is 0 Å². The van der Waals surface area contributed by atoms with Gasteiger partial charge in [0, 0.05) is 18.0 Å². The molecule has 102 valence electrons. The molecule has 4 rings (SSSR count). The van der Waals surface area contributed by atoms with E-state index >= 15 is 0 Å². The quantitative estimate of drug-likeness (QED) is 0.609. The molecule has 4 aromatic rings. The van der Waals surface area contributed by atoms with Gasteiger partial charge in [0.25, 0.3) is 0 Å². The van der Waals surface area contributed by atoms with Crippen LogP contribution < -0.4 is 0 Å². The van der Waals surface area contributed by atoms with Crippen molar-refractivity contribution in [2.75, 3.05) is 0 Å². The normalized spacial score (nSPS) is 11.1. The number of nitrogens with one attached hydrogen (secondary N) is 1. The van der Waals surface area contributed by atoms with Crippen LogP contribution in [-0.2, 0) is 0 Å². The first kappa shape index (κ1) is 11.8. The van der Waals surface area contributed by atoms with E-state index < -0.39 is 0 Å². The zero-order valence-corrected chi connectivity index (χ0v) is 11.0. The molecule has 2 aromatic carbocycles. The van der Waals surface area contributed by atoms with Gasteiger partial charge in [-0.3, -0.25) is 0 Å². The van der Waals surface area contributed by atoms with Crippen molar-refractivity contribution >= 4 is 11.0 Å². The maximum atomic E-state index is 13.7. The average molecular weight is 278 g/mol. The van der Waals surface area contributed by atoms with Crippen LogP contribution in [-0.4, -0.2) is 19.7 Å². The molecule has 4 nitrogen and oxygen atoms in total. The van der Waals surface area contributed by atoms with Crippen LogP contribution >= 0.6 is 0 Å². The molecule has 0 aliphatic heterocycles. The van der Waals surface area contributed by atoms with Crippen LogP contribution in [0.15, 0.2) is 60.9 Å². The number of hydrogen-bond donors (Lipinski definition) is 1. The minimum Gasteiger partial charge on any atom is -0.338 e. The minimum atomic E-state index is -0.304. The molecule has 0 unspecified atom stereocenters. The zero-order valence-electron chi connectivity index (χ0n) is 11.0. The molecule has 0 atom stereocenters. The molecule has 0 bridgehead atoms. The highest BCUT2D eigenvalue weighted by molar-refractivity contribution is 5.81. The maximum Gasteiger partial charge on any atom is 0.140 e. The summed E-state index contributed by atoms with van der Waals surface area (Å²) in [6, 6.07) is 14.1. The largest absolute Gasteiger partial charge is 0.338 e. The zero-order chi connectivity index (χ0) is 14.2. The van der Waals surface area contributed by atoms with Crippen LogP contribution in [0.2, 0.25) is 0 Å². The van der Waals surface area contributed by atoms with Crippen LogP contribution in [0.25, 0.3) is 28.1 Å². The van der Waals surface area contributed by atoms with Gasteiger partial charge < -0.3 is 4.98 Å². The number of benzene rings is 2. The standard InChI is InChI=1S/C16H11FN4/c17-11-6-7-15(21-9-3-8-18-21)12(10-11)16-19-13-4-1-2-5-14(13)20-16/h1-10H,(H,19,20). The lowest BCUT2D eigenvalue weighted by atomic mass is 10.1. The first-order valence-electron chi connectivity index (χ1n) is 6.56. The SMILES string of the molecule is Fc1ccc(-n2cccn2)c(-c2nc3ccccc3[nH]2)c1. The Balaban J connectivity index is 1.96. The molecule has 5 heteroatoms. The summed E-state index contributed by atoms with van der Waals surface area (Å²) >= 11 is 0. The van der Waals surface area contributed by atoms with Crippen molar-refractivity contribution < 1.29 is 4.39 Å². The van der Waals surface area contributed by atoms with Crippen LogP contribution in [0.5, 0.6) is 0 Å². The van der Waals surface area contributed by atoms with Crippen molar-refractivity contribution in [3.05, 3.63) is 66.7 Å². The summed E-state index contributed by atoms with van der Waals surface area (Å²) in [6.45, 7) is 0. The summed E-state index contributed by atoms with van der Waals surface area (Å²) in [7, 11) is 0. The maximum absolute atomic E-state index is 13.7. The van der Waals surface area contributed by atoms with E-state index in [1.165, 1.54) is 12.1 Å². The van der Waals surface area contributed by atoms with Crippen molar-refractivity contribution in [1.29, 1.82) is 0 Å². The Kier molecular flexibility index (Phi) is 2.57. The van der Waals surface area contributed by atoms with Gasteiger partial charge in [-0.15, -0.1) is 0 Å². The average Bonchev–Trinajstić information content (AvgIpc) is 3.16. The third-order valence-corrected chi connectivity index (χ3v) is 3.35. The Morgan fingerprint density at radius 3 is 2.76 bits per heavy atom. The summed E-state index contributed by atoms with van der Waals surface area (Å²) in [5, 5.41) is 4.21. The fraction of sp³-hybridized carbons (Fsp3) is 0. The van der Waals surface area contributed by atoms with Gasteiger partial charge in [-0.25, -0.2) is 14.1 Å². The van der Waals surface area contributed by atoms with Crippen molar-refractivity contribution in [3.8, 4) is 17.1 Å². The number of fused-ring (bicyclic) bond motifs is 1. The molecule has 0 saturated heterocycles. The number of aromatic amines is 1. The van der Waals surface area contributed by atoms with E-state index in [0.29, 0.717) is 11.4 Å². The number of hydrogen-bond acceptors (Lipinski definition) is 2. The molecular formula is C16H11FN4. The fourth-order valence-electron chi connectivity index (χ4n) is 2.39. The lowest BCUT2D eigenvalue weighted by Gasteiger charge is -2.07. The Morgan fingerprint density at radius 1 is 1.05 bits per heavy atom. The number of imidazole rings is 1. The van der Waals surface area contributed by atoms with Crippen molar-refractivity contribution in [3.63, 3.8) is 0 Å². The molecule has 0 saturated carbocycles. The molecule has 0 aliphatic carbocycles. The number of aromatic nitrogens is 4. The van der Waals surface area contributed by atoms with E-state index in [-0.39, 0.29) is 5.82 Å². The van der Waals surface area contributed by atoms with Gasteiger partial charge >= 0.3 is 0 Å². The van der Waals surface area contributed by atoms with Crippen LogP contribution in [0.4, 0.5) is 4.39 Å². The van der Waals surface area contributed by atoms with E-state index in [1.807, 2.05) is 36.5 Å². The highest BCUT2D eigenvalue weighted by Crippen LogP contribution is 2.27. The van der Waals surface area contributed by atoms with E-state index in [1.54, 1.807) is 16.9 Å². The summed E-state index contributed by atoms with van der Waals surface area (Å²) in [4.78, 5) is 7.75. The minimum absolute atomic E-state index is 0.304. The number of H-pyrrole nitrogens is 1. The smallest absolute Gasteiger partial charge is 0.140 e. The van der Waals surface area contributed by atoms with E-state index in [4.69, 9.17) is 0 Å². The first-order valence-corrected chi connectivity index (χ1v) is 6.56. The third kappa shape index (κ3) is 1.99. The number of rotatable bonds is 2. The highest BCUT2D eigenvalue weighted by Gasteiger charge is 2.12. The summed E-state index contributed by atoms with van der Waals surface area (Å²) in [5.74, 6) is 0.322. The van der Waals surface area contributed by atoms with Gasteiger partial charge in [0.05, 0.1) is 16.7 Å². The molecule has 2 heterocycles. The Labute approximate surface area is 119 Å². The van der Waals surface area contributed by atoms with Crippen molar-refractivity contribution in [1.82, 2.24) is 19.7 Å². The molecule has 21 heavy (non-hydrogen) atoms. The van der Waals surface area contributed by atoms with Gasteiger partial charge in [0.1, 0.15) is 11.6 Å². The van der Waals surface area contributed by atoms with Crippen LogP contribution in [0, 0.1) is 5.82 Å². The van der Waals surface area contributed by atoms with Gasteiger partial charge in [-0.1, -0.05) is 12.1 Å². The fourth-order valence-corrected chi connectivity index (χ4v) is 2.39. The second-order valence-corrected chi connectivity index (χ2v) is 4.71. The van der Waals surface area contributed by atoms with E-state index in [2.05, 4.69) is 15.1 Å². The molecule has 0 spiro atoms. The monoisotopic (exact) mass is 278 g/mol. The molecule has 0 aliphatic rings. The predicted molar refractivity (Wildman–Crippen MR) is 78.6 cm³/mol. The number of nitrogens with zero attached hydrogens (tertiary/aromatic N) is 3. The van der Waals surface area contributed by atoms with Gasteiger partial charge in [-0.2, -0.15) is 5.10 Å². The molecular weight excluding hydrogens is 267 g/mol. The molecule has 2 aromatic heterocycles. The number of halogens is 1.